The number of benzene rings is 3. The molecule has 0 spiro atoms. The Kier molecular flexibility index (Phi) is 7.02. The van der Waals surface area contributed by atoms with E-state index in [4.69, 9.17) is 0 Å². The highest BCUT2D eigenvalue weighted by Gasteiger charge is 2.30. The summed E-state index contributed by atoms with van der Waals surface area (Å²) >= 11 is 1.17. The van der Waals surface area contributed by atoms with Gasteiger partial charge in [-0.05, 0) is 42.8 Å². The molecule has 34 heavy (non-hydrogen) atoms. The van der Waals surface area contributed by atoms with Crippen molar-refractivity contribution in [3.63, 3.8) is 0 Å². The van der Waals surface area contributed by atoms with Gasteiger partial charge in [0.1, 0.15) is 5.82 Å². The van der Waals surface area contributed by atoms with Gasteiger partial charge >= 0.3 is 6.18 Å². The van der Waals surface area contributed by atoms with Crippen LogP contribution in [0.2, 0.25) is 0 Å². The van der Waals surface area contributed by atoms with Crippen LogP contribution in [-0.4, -0.2) is 26.4 Å². The molecule has 5 nitrogen and oxygen atoms in total. The lowest BCUT2D eigenvalue weighted by molar-refractivity contribution is -0.137. The van der Waals surface area contributed by atoms with Crippen molar-refractivity contribution in [2.75, 3.05) is 11.1 Å². The summed E-state index contributed by atoms with van der Waals surface area (Å²) in [7, 11) is 0. The third-order valence-electron chi connectivity index (χ3n) is 5.00. The van der Waals surface area contributed by atoms with Crippen molar-refractivity contribution in [1.29, 1.82) is 0 Å². The van der Waals surface area contributed by atoms with E-state index in [9.17, 15) is 18.0 Å². The van der Waals surface area contributed by atoms with E-state index in [1.165, 1.54) is 23.9 Å². The molecule has 0 aliphatic heterocycles. The van der Waals surface area contributed by atoms with Crippen LogP contribution in [0.15, 0.2) is 84.0 Å². The van der Waals surface area contributed by atoms with Crippen molar-refractivity contribution in [2.24, 2.45) is 0 Å². The smallest absolute Gasteiger partial charge is 0.325 e. The highest BCUT2D eigenvalue weighted by Crippen LogP contribution is 2.31. The zero-order chi connectivity index (χ0) is 24.1. The van der Waals surface area contributed by atoms with E-state index >= 15 is 0 Å². The van der Waals surface area contributed by atoms with Gasteiger partial charge in [0.25, 0.3) is 0 Å². The first kappa shape index (κ1) is 23.6. The van der Waals surface area contributed by atoms with Crippen LogP contribution in [0.5, 0.6) is 0 Å². The predicted molar refractivity (Wildman–Crippen MR) is 126 cm³/mol. The Morgan fingerprint density at radius 2 is 1.71 bits per heavy atom. The summed E-state index contributed by atoms with van der Waals surface area (Å²) in [6.45, 7) is 1.99. The zero-order valence-corrected chi connectivity index (χ0v) is 19.0. The number of hydrogen-bond donors (Lipinski definition) is 1. The normalized spacial score (nSPS) is 11.4. The Bertz CT molecular complexity index is 1270. The largest absolute Gasteiger partial charge is 0.416 e. The number of nitrogens with one attached hydrogen (secondary N) is 1. The van der Waals surface area contributed by atoms with Crippen molar-refractivity contribution >= 4 is 23.4 Å². The number of rotatable bonds is 7. The van der Waals surface area contributed by atoms with Crippen LogP contribution in [0.4, 0.5) is 18.9 Å². The maximum Gasteiger partial charge on any atom is 0.416 e. The number of amides is 1. The van der Waals surface area contributed by atoms with E-state index in [1.807, 2.05) is 66.1 Å². The first-order valence-corrected chi connectivity index (χ1v) is 11.4. The third-order valence-corrected chi connectivity index (χ3v) is 5.93. The highest BCUT2D eigenvalue weighted by molar-refractivity contribution is 7.99. The molecule has 0 saturated heterocycles. The molecule has 1 heterocycles. The van der Waals surface area contributed by atoms with Crippen LogP contribution in [0.25, 0.3) is 5.69 Å². The summed E-state index contributed by atoms with van der Waals surface area (Å²) in [5.41, 5.74) is 2.31. The standard InChI is InChI=1S/C25H21F3N4OS/c1-17-10-12-21(13-11-17)32-22(14-18-6-3-2-4-7-18)30-31-24(32)34-16-23(33)29-20-9-5-8-19(15-20)25(26,27)28/h2-13,15H,14,16H2,1H3,(H,29,33). The second-order valence-electron chi connectivity index (χ2n) is 7.65. The summed E-state index contributed by atoms with van der Waals surface area (Å²) in [6, 6.07) is 22.3. The SMILES string of the molecule is Cc1ccc(-n2c(Cc3ccccc3)nnc2SCC(=O)Nc2cccc(C(F)(F)F)c2)cc1. The van der Waals surface area contributed by atoms with Crippen LogP contribution in [0.3, 0.4) is 0 Å². The number of halogens is 3. The summed E-state index contributed by atoms with van der Waals surface area (Å²) in [6.07, 6.45) is -3.92. The molecule has 0 radical (unpaired) electrons. The molecule has 9 heteroatoms. The molecule has 3 aromatic carbocycles. The second kappa shape index (κ2) is 10.1. The summed E-state index contributed by atoms with van der Waals surface area (Å²) in [5, 5.41) is 11.7. The van der Waals surface area contributed by atoms with Crippen LogP contribution in [0.1, 0.15) is 22.5 Å². The molecule has 0 saturated carbocycles. The molecule has 0 aliphatic rings. The van der Waals surface area contributed by atoms with E-state index in [2.05, 4.69) is 15.5 Å². The number of aromatic nitrogens is 3. The number of carbonyl (C=O) groups is 1. The van der Waals surface area contributed by atoms with Crippen molar-refractivity contribution in [3.8, 4) is 5.69 Å². The Hall–Kier alpha value is -3.59. The number of aryl methyl sites for hydroxylation is 1. The van der Waals surface area contributed by atoms with E-state index in [0.29, 0.717) is 11.6 Å². The van der Waals surface area contributed by atoms with Crippen molar-refractivity contribution in [2.45, 2.75) is 24.7 Å². The number of nitrogens with zero attached hydrogens (tertiary/aromatic N) is 3. The lowest BCUT2D eigenvalue weighted by Gasteiger charge is -2.12. The molecule has 4 aromatic rings. The second-order valence-corrected chi connectivity index (χ2v) is 8.59. The number of alkyl halides is 3. The zero-order valence-electron chi connectivity index (χ0n) is 18.2. The molecule has 4 rings (SSSR count). The van der Waals surface area contributed by atoms with Crippen molar-refractivity contribution in [1.82, 2.24) is 14.8 Å². The Labute approximate surface area is 199 Å². The highest BCUT2D eigenvalue weighted by atomic mass is 32.2. The Morgan fingerprint density at radius 1 is 0.971 bits per heavy atom. The van der Waals surface area contributed by atoms with Gasteiger partial charge in [0.15, 0.2) is 5.16 Å². The fourth-order valence-corrected chi connectivity index (χ4v) is 4.11. The van der Waals surface area contributed by atoms with Crippen LogP contribution < -0.4 is 5.32 Å². The molecule has 0 aliphatic carbocycles. The average Bonchev–Trinajstić information content (AvgIpc) is 3.21. The van der Waals surface area contributed by atoms with Crippen molar-refractivity contribution in [3.05, 3.63) is 101 Å². The molecule has 1 aromatic heterocycles. The van der Waals surface area contributed by atoms with Crippen LogP contribution in [0, 0.1) is 6.92 Å². The van der Waals surface area contributed by atoms with Gasteiger partial charge in [-0.15, -0.1) is 10.2 Å². The minimum absolute atomic E-state index is 0.0361. The number of thioether (sulfide) groups is 1. The van der Waals surface area contributed by atoms with Gasteiger partial charge in [0.05, 0.1) is 11.3 Å². The van der Waals surface area contributed by atoms with Gasteiger partial charge in [-0.3, -0.25) is 9.36 Å². The van der Waals surface area contributed by atoms with Gasteiger partial charge in [-0.2, -0.15) is 13.2 Å². The third kappa shape index (κ3) is 5.85. The average molecular weight is 483 g/mol. The van der Waals surface area contributed by atoms with E-state index in [-0.39, 0.29) is 11.4 Å². The van der Waals surface area contributed by atoms with Gasteiger partial charge in [-0.25, -0.2) is 0 Å². The van der Waals surface area contributed by atoms with Gasteiger partial charge in [0.2, 0.25) is 5.91 Å². The topological polar surface area (TPSA) is 59.8 Å². The van der Waals surface area contributed by atoms with Crippen molar-refractivity contribution < 1.29 is 18.0 Å². The minimum Gasteiger partial charge on any atom is -0.325 e. The van der Waals surface area contributed by atoms with Crippen LogP contribution in [-0.2, 0) is 17.4 Å². The monoisotopic (exact) mass is 482 g/mol. The minimum atomic E-state index is -4.48. The Balaban J connectivity index is 1.52. The number of hydrogen-bond acceptors (Lipinski definition) is 4. The van der Waals surface area contributed by atoms with Gasteiger partial charge in [-0.1, -0.05) is 65.9 Å². The lowest BCUT2D eigenvalue weighted by Crippen LogP contribution is -2.15. The quantitative estimate of drug-likeness (QED) is 0.333. The summed E-state index contributed by atoms with van der Waals surface area (Å²) in [4.78, 5) is 12.5. The predicted octanol–water partition coefficient (Wildman–Crippen LogP) is 5.92. The lowest BCUT2D eigenvalue weighted by atomic mass is 10.1. The molecule has 174 valence electrons. The molecule has 1 N–H and O–H groups in total. The fourth-order valence-electron chi connectivity index (χ4n) is 3.34. The summed E-state index contributed by atoms with van der Waals surface area (Å²) < 4.78 is 40.7. The van der Waals surface area contributed by atoms with E-state index in [0.717, 1.165) is 34.8 Å². The Morgan fingerprint density at radius 3 is 2.41 bits per heavy atom. The van der Waals surface area contributed by atoms with E-state index < -0.39 is 17.6 Å². The first-order valence-electron chi connectivity index (χ1n) is 10.4. The fraction of sp³-hybridized carbons (Fsp3) is 0.160. The molecule has 0 fully saturated rings. The molecule has 0 atom stereocenters. The first-order chi connectivity index (χ1) is 16.3. The number of carbonyl (C=O) groups excluding carboxylic acids is 1. The van der Waals surface area contributed by atoms with Gasteiger partial charge < -0.3 is 5.32 Å². The molecular formula is C25H21F3N4OS. The summed E-state index contributed by atoms with van der Waals surface area (Å²) in [5.74, 6) is 0.245. The van der Waals surface area contributed by atoms with Gasteiger partial charge in [0, 0.05) is 17.8 Å². The van der Waals surface area contributed by atoms with E-state index in [1.54, 1.807) is 0 Å². The number of anilines is 1. The van der Waals surface area contributed by atoms with Crippen LogP contribution >= 0.6 is 11.8 Å². The maximum absolute atomic E-state index is 12.9. The molecule has 1 amide bonds. The maximum atomic E-state index is 12.9. The molecule has 0 unspecified atom stereocenters. The molecular weight excluding hydrogens is 461 g/mol. The molecule has 0 bridgehead atoms.